The molecule has 4 rings (SSSR count). The quantitative estimate of drug-likeness (QED) is 0.707. The third kappa shape index (κ3) is 3.36. The Kier molecular flexibility index (Phi) is 4.72. The largest absolute Gasteiger partial charge is 0.440 e. The highest BCUT2D eigenvalue weighted by Gasteiger charge is 2.29. The van der Waals surface area contributed by atoms with Crippen molar-refractivity contribution in [3.8, 4) is 0 Å². The van der Waals surface area contributed by atoms with Gasteiger partial charge in [-0.3, -0.25) is 9.48 Å². The van der Waals surface area contributed by atoms with Crippen molar-refractivity contribution in [2.75, 3.05) is 13.1 Å². The molecule has 0 aliphatic carbocycles. The van der Waals surface area contributed by atoms with Crippen LogP contribution in [-0.4, -0.2) is 38.7 Å². The summed E-state index contributed by atoms with van der Waals surface area (Å²) in [7, 11) is 0. The monoisotopic (exact) mass is 366 g/mol. The molecule has 1 atom stereocenters. The van der Waals surface area contributed by atoms with Crippen LogP contribution < -0.4 is 0 Å². The first-order valence-corrected chi connectivity index (χ1v) is 9.73. The van der Waals surface area contributed by atoms with Crippen molar-refractivity contribution >= 4 is 17.0 Å². The van der Waals surface area contributed by atoms with E-state index >= 15 is 0 Å². The Labute approximate surface area is 159 Å². The van der Waals surface area contributed by atoms with Gasteiger partial charge in [-0.25, -0.2) is 4.98 Å². The summed E-state index contributed by atoms with van der Waals surface area (Å²) in [5.74, 6) is 1.08. The minimum Gasteiger partial charge on any atom is -0.440 e. The first-order valence-electron chi connectivity index (χ1n) is 9.73. The number of rotatable bonds is 4. The summed E-state index contributed by atoms with van der Waals surface area (Å²) >= 11 is 0. The van der Waals surface area contributed by atoms with Gasteiger partial charge in [-0.15, -0.1) is 0 Å². The van der Waals surface area contributed by atoms with Gasteiger partial charge < -0.3 is 9.32 Å². The van der Waals surface area contributed by atoms with Crippen molar-refractivity contribution in [3.63, 3.8) is 0 Å². The summed E-state index contributed by atoms with van der Waals surface area (Å²) in [6.07, 6.45) is 2.39. The van der Waals surface area contributed by atoms with Gasteiger partial charge in [0.2, 0.25) is 5.91 Å². The maximum Gasteiger partial charge on any atom is 0.227 e. The maximum absolute atomic E-state index is 13.0. The number of piperidine rings is 1. The van der Waals surface area contributed by atoms with Gasteiger partial charge in [0, 0.05) is 30.9 Å². The van der Waals surface area contributed by atoms with E-state index in [1.54, 1.807) is 0 Å². The Morgan fingerprint density at radius 1 is 1.30 bits per heavy atom. The number of hydrogen-bond donors (Lipinski definition) is 0. The standard InChI is InChI=1S/C21H26N4O2/c1-4-25-15(3)17(14(2)23-25)12-20(26)24-11-7-8-16(13-24)21-22-18-9-5-6-10-19(18)27-21/h5-6,9-10,16H,4,7-8,11-13H2,1-3H3. The van der Waals surface area contributed by atoms with Crippen LogP contribution in [0.2, 0.25) is 0 Å². The number of aryl methyl sites for hydroxylation is 2. The molecule has 1 unspecified atom stereocenters. The molecule has 0 N–H and O–H groups in total. The number of likely N-dealkylation sites (tertiary alicyclic amines) is 1. The Bertz CT molecular complexity index is 939. The predicted octanol–water partition coefficient (Wildman–Crippen LogP) is 3.61. The molecule has 0 radical (unpaired) electrons. The minimum atomic E-state index is 0.163. The van der Waals surface area contributed by atoms with Gasteiger partial charge in [0.1, 0.15) is 5.52 Å². The number of carbonyl (C=O) groups is 1. The molecule has 142 valence electrons. The number of hydrogen-bond acceptors (Lipinski definition) is 4. The van der Waals surface area contributed by atoms with Gasteiger partial charge in [0.05, 0.1) is 18.0 Å². The highest BCUT2D eigenvalue weighted by molar-refractivity contribution is 5.79. The fourth-order valence-corrected chi connectivity index (χ4v) is 4.03. The van der Waals surface area contributed by atoms with E-state index in [9.17, 15) is 4.79 Å². The number of carbonyl (C=O) groups excluding carboxylic acids is 1. The van der Waals surface area contributed by atoms with Gasteiger partial charge >= 0.3 is 0 Å². The first kappa shape index (κ1) is 17.8. The second kappa shape index (κ2) is 7.18. The molecular weight excluding hydrogens is 340 g/mol. The van der Waals surface area contributed by atoms with Crippen molar-refractivity contribution in [1.82, 2.24) is 19.7 Å². The lowest BCUT2D eigenvalue weighted by molar-refractivity contribution is -0.131. The summed E-state index contributed by atoms with van der Waals surface area (Å²) in [6.45, 7) is 8.40. The molecule has 1 aliphatic heterocycles. The molecule has 3 heterocycles. The van der Waals surface area contributed by atoms with Crippen LogP contribution in [0.4, 0.5) is 0 Å². The number of fused-ring (bicyclic) bond motifs is 1. The highest BCUT2D eigenvalue weighted by Crippen LogP contribution is 2.29. The van der Waals surface area contributed by atoms with E-state index in [0.717, 1.165) is 59.9 Å². The van der Waals surface area contributed by atoms with Gasteiger partial charge in [0.15, 0.2) is 11.5 Å². The number of benzene rings is 1. The normalized spacial score (nSPS) is 17.6. The van der Waals surface area contributed by atoms with Crippen LogP contribution in [0.3, 0.4) is 0 Å². The number of oxazole rings is 1. The van der Waals surface area contributed by atoms with Crippen LogP contribution in [0.15, 0.2) is 28.7 Å². The Balaban J connectivity index is 1.49. The molecule has 3 aromatic rings. The second-order valence-corrected chi connectivity index (χ2v) is 7.34. The molecule has 1 amide bonds. The molecule has 1 aliphatic rings. The van der Waals surface area contributed by atoms with Crippen LogP contribution >= 0.6 is 0 Å². The molecule has 1 saturated heterocycles. The Morgan fingerprint density at radius 3 is 2.85 bits per heavy atom. The number of aromatic nitrogens is 3. The van der Waals surface area contributed by atoms with Crippen LogP contribution in [0.25, 0.3) is 11.1 Å². The third-order valence-corrected chi connectivity index (χ3v) is 5.59. The van der Waals surface area contributed by atoms with Gasteiger partial charge in [0.25, 0.3) is 0 Å². The van der Waals surface area contributed by atoms with E-state index in [0.29, 0.717) is 13.0 Å². The average Bonchev–Trinajstić information content (AvgIpc) is 3.24. The van der Waals surface area contributed by atoms with E-state index < -0.39 is 0 Å². The van der Waals surface area contributed by atoms with E-state index in [-0.39, 0.29) is 11.8 Å². The van der Waals surface area contributed by atoms with E-state index in [1.807, 2.05) is 47.7 Å². The number of nitrogens with zero attached hydrogens (tertiary/aromatic N) is 4. The lowest BCUT2D eigenvalue weighted by Crippen LogP contribution is -2.40. The molecule has 0 bridgehead atoms. The van der Waals surface area contributed by atoms with Crippen LogP contribution in [0.1, 0.15) is 48.5 Å². The first-order chi connectivity index (χ1) is 13.1. The zero-order valence-corrected chi connectivity index (χ0v) is 16.2. The van der Waals surface area contributed by atoms with Crippen molar-refractivity contribution in [2.24, 2.45) is 0 Å². The average molecular weight is 366 g/mol. The van der Waals surface area contributed by atoms with Crippen LogP contribution in [0.5, 0.6) is 0 Å². The lowest BCUT2D eigenvalue weighted by atomic mass is 9.97. The van der Waals surface area contributed by atoms with E-state index in [4.69, 9.17) is 4.42 Å². The SMILES string of the molecule is CCn1nc(C)c(CC(=O)N2CCCC(c3nc4ccccc4o3)C2)c1C. The Morgan fingerprint density at radius 2 is 2.11 bits per heavy atom. The topological polar surface area (TPSA) is 64.2 Å². The Hall–Kier alpha value is -2.63. The molecular formula is C21H26N4O2. The summed E-state index contributed by atoms with van der Waals surface area (Å²) in [5.41, 5.74) is 4.81. The van der Waals surface area contributed by atoms with E-state index in [2.05, 4.69) is 17.0 Å². The molecule has 1 aromatic carbocycles. The molecule has 6 heteroatoms. The molecule has 0 saturated carbocycles. The molecule has 1 fully saturated rings. The predicted molar refractivity (Wildman–Crippen MR) is 104 cm³/mol. The number of para-hydroxylation sites is 2. The van der Waals surface area contributed by atoms with E-state index in [1.165, 1.54) is 0 Å². The summed E-state index contributed by atoms with van der Waals surface area (Å²) in [6, 6.07) is 7.82. The fraction of sp³-hybridized carbons (Fsp3) is 0.476. The molecule has 0 spiro atoms. The maximum atomic E-state index is 13.0. The summed E-state index contributed by atoms with van der Waals surface area (Å²) in [4.78, 5) is 19.6. The van der Waals surface area contributed by atoms with Gasteiger partial charge in [-0.2, -0.15) is 5.10 Å². The highest BCUT2D eigenvalue weighted by atomic mass is 16.3. The summed E-state index contributed by atoms with van der Waals surface area (Å²) in [5, 5.41) is 4.53. The van der Waals surface area contributed by atoms with Crippen molar-refractivity contribution < 1.29 is 9.21 Å². The third-order valence-electron chi connectivity index (χ3n) is 5.59. The van der Waals surface area contributed by atoms with Gasteiger partial charge in [-0.1, -0.05) is 12.1 Å². The van der Waals surface area contributed by atoms with Crippen molar-refractivity contribution in [1.29, 1.82) is 0 Å². The zero-order valence-electron chi connectivity index (χ0n) is 16.2. The summed E-state index contributed by atoms with van der Waals surface area (Å²) < 4.78 is 7.92. The smallest absolute Gasteiger partial charge is 0.227 e. The molecule has 2 aromatic heterocycles. The molecule has 6 nitrogen and oxygen atoms in total. The molecule has 27 heavy (non-hydrogen) atoms. The van der Waals surface area contributed by atoms with Gasteiger partial charge in [-0.05, 0) is 45.7 Å². The van der Waals surface area contributed by atoms with Crippen molar-refractivity contribution in [3.05, 3.63) is 47.1 Å². The van der Waals surface area contributed by atoms with Crippen molar-refractivity contribution in [2.45, 2.75) is 52.5 Å². The fourth-order valence-electron chi connectivity index (χ4n) is 4.03. The number of amides is 1. The minimum absolute atomic E-state index is 0.163. The lowest BCUT2D eigenvalue weighted by Gasteiger charge is -2.31. The second-order valence-electron chi connectivity index (χ2n) is 7.34. The van der Waals surface area contributed by atoms with Crippen LogP contribution in [-0.2, 0) is 17.8 Å². The zero-order chi connectivity index (χ0) is 19.0. The van der Waals surface area contributed by atoms with Crippen LogP contribution in [0, 0.1) is 13.8 Å².